The molecule has 0 aromatic heterocycles. The summed E-state index contributed by atoms with van der Waals surface area (Å²) in [5.74, 6) is 0. The van der Waals surface area contributed by atoms with Crippen LogP contribution in [0.1, 0.15) is 85.1 Å². The molecule has 0 heterocycles. The fraction of sp³-hybridized carbons (Fsp3) is 0.630. The molecule has 0 bridgehead atoms. The SMILES string of the molecule is C/C=C/C=C(\[C@H](CC)O[Si](CCCC)(CCCC)CCCC)S(=O)(=O)c1ccc(C)cc1. The molecule has 1 aromatic rings. The average Bonchev–Trinajstić information content (AvgIpc) is 2.79. The largest absolute Gasteiger partial charge is 0.409 e. The van der Waals surface area contributed by atoms with E-state index in [2.05, 4.69) is 27.7 Å². The predicted molar refractivity (Wildman–Crippen MR) is 141 cm³/mol. The van der Waals surface area contributed by atoms with Gasteiger partial charge in [0.05, 0.1) is 15.9 Å². The first-order valence-electron chi connectivity index (χ1n) is 12.6. The lowest BCUT2D eigenvalue weighted by molar-refractivity contribution is 0.219. The summed E-state index contributed by atoms with van der Waals surface area (Å²) in [4.78, 5) is 0.757. The molecule has 0 aliphatic carbocycles. The summed E-state index contributed by atoms with van der Waals surface area (Å²) in [6.45, 7) is 12.6. The summed E-state index contributed by atoms with van der Waals surface area (Å²) in [6.07, 6.45) is 12.7. The molecule has 32 heavy (non-hydrogen) atoms. The normalized spacial score (nSPS) is 14.2. The first-order chi connectivity index (χ1) is 15.3. The second-order valence-corrected chi connectivity index (χ2v) is 15.0. The summed E-state index contributed by atoms with van der Waals surface area (Å²) in [5, 5.41) is 0. The van der Waals surface area contributed by atoms with Crippen molar-refractivity contribution in [1.82, 2.24) is 0 Å². The van der Waals surface area contributed by atoms with Crippen LogP contribution in [0, 0.1) is 6.92 Å². The number of unbranched alkanes of at least 4 members (excludes halogenated alkanes) is 3. The summed E-state index contributed by atoms with van der Waals surface area (Å²) in [6, 6.07) is 10.5. The molecule has 0 amide bonds. The highest BCUT2D eigenvalue weighted by molar-refractivity contribution is 7.95. The van der Waals surface area contributed by atoms with Gasteiger partial charge in [-0.05, 0) is 56.6 Å². The number of hydrogen-bond acceptors (Lipinski definition) is 3. The highest BCUT2D eigenvalue weighted by atomic mass is 32.2. The van der Waals surface area contributed by atoms with E-state index in [9.17, 15) is 8.42 Å². The van der Waals surface area contributed by atoms with E-state index in [0.29, 0.717) is 16.2 Å². The van der Waals surface area contributed by atoms with E-state index in [4.69, 9.17) is 4.43 Å². The van der Waals surface area contributed by atoms with Crippen molar-refractivity contribution in [3.63, 3.8) is 0 Å². The van der Waals surface area contributed by atoms with E-state index in [-0.39, 0.29) is 0 Å². The second kappa shape index (κ2) is 14.9. The van der Waals surface area contributed by atoms with Gasteiger partial charge >= 0.3 is 0 Å². The van der Waals surface area contributed by atoms with Crippen LogP contribution in [-0.2, 0) is 14.3 Å². The molecule has 0 aliphatic heterocycles. The molecule has 1 rings (SSSR count). The van der Waals surface area contributed by atoms with Gasteiger partial charge in [-0.1, -0.05) is 96.1 Å². The zero-order valence-electron chi connectivity index (χ0n) is 21.3. The topological polar surface area (TPSA) is 43.4 Å². The van der Waals surface area contributed by atoms with Gasteiger partial charge in [0, 0.05) is 0 Å². The standard InChI is InChI=1S/C27H46O3SSi/c1-7-12-16-27(31(28,29)25-19-17-24(6)18-20-25)26(11-5)30-32(21-13-8-2,22-14-9-3)23-15-10-4/h7,12,16-20,26H,8-11,13-15,21-23H2,1-6H3/b12-7+,27-16+/t26-/m0/s1. The molecule has 1 atom stereocenters. The van der Waals surface area contributed by atoms with Crippen molar-refractivity contribution in [1.29, 1.82) is 0 Å². The van der Waals surface area contributed by atoms with Crippen molar-refractivity contribution in [3.8, 4) is 0 Å². The van der Waals surface area contributed by atoms with Crippen LogP contribution in [-0.4, -0.2) is 22.8 Å². The van der Waals surface area contributed by atoms with E-state index in [1.807, 2.05) is 38.1 Å². The number of hydrogen-bond donors (Lipinski definition) is 0. The Morgan fingerprint density at radius 2 is 1.44 bits per heavy atom. The fourth-order valence-electron chi connectivity index (χ4n) is 4.11. The third kappa shape index (κ3) is 8.64. The van der Waals surface area contributed by atoms with Gasteiger partial charge in [0.1, 0.15) is 0 Å². The first-order valence-corrected chi connectivity index (χ1v) is 16.6. The third-order valence-corrected chi connectivity index (χ3v) is 12.6. The van der Waals surface area contributed by atoms with Crippen molar-refractivity contribution in [2.75, 3.05) is 0 Å². The molecule has 0 spiro atoms. The third-order valence-electron chi connectivity index (χ3n) is 6.13. The van der Waals surface area contributed by atoms with Crippen LogP contribution in [0.15, 0.2) is 52.3 Å². The Labute approximate surface area is 199 Å². The van der Waals surface area contributed by atoms with Crippen LogP contribution in [0.4, 0.5) is 0 Å². The van der Waals surface area contributed by atoms with Gasteiger partial charge in [0.2, 0.25) is 9.84 Å². The molecule has 0 N–H and O–H groups in total. The lowest BCUT2D eigenvalue weighted by Gasteiger charge is -2.36. The smallest absolute Gasteiger partial charge is 0.205 e. The van der Waals surface area contributed by atoms with E-state index in [0.717, 1.165) is 62.2 Å². The highest BCUT2D eigenvalue weighted by Crippen LogP contribution is 2.35. The lowest BCUT2D eigenvalue weighted by atomic mass is 10.2. The molecular weight excluding hydrogens is 432 g/mol. The van der Waals surface area contributed by atoms with Crippen LogP contribution < -0.4 is 0 Å². The Morgan fingerprint density at radius 1 is 0.938 bits per heavy atom. The van der Waals surface area contributed by atoms with Crippen LogP contribution in [0.3, 0.4) is 0 Å². The van der Waals surface area contributed by atoms with Gasteiger partial charge in [-0.3, -0.25) is 0 Å². The van der Waals surface area contributed by atoms with Gasteiger partial charge in [-0.15, -0.1) is 0 Å². The zero-order chi connectivity index (χ0) is 24.0. The van der Waals surface area contributed by atoms with Crippen LogP contribution >= 0.6 is 0 Å². The van der Waals surface area contributed by atoms with Crippen molar-refractivity contribution >= 4 is 18.2 Å². The molecule has 0 fully saturated rings. The Morgan fingerprint density at radius 3 is 1.84 bits per heavy atom. The summed E-state index contributed by atoms with van der Waals surface area (Å²) >= 11 is 0. The summed E-state index contributed by atoms with van der Waals surface area (Å²) in [7, 11) is -5.69. The quantitative estimate of drug-likeness (QED) is 0.177. The van der Waals surface area contributed by atoms with E-state index in [1.54, 1.807) is 18.2 Å². The lowest BCUT2D eigenvalue weighted by Crippen LogP contribution is -2.43. The summed E-state index contributed by atoms with van der Waals surface area (Å²) < 4.78 is 34.5. The molecule has 0 radical (unpaired) electrons. The predicted octanol–water partition coefficient (Wildman–Crippen LogP) is 8.37. The van der Waals surface area contributed by atoms with E-state index >= 15 is 0 Å². The maximum Gasteiger partial charge on any atom is 0.205 e. The fourth-order valence-corrected chi connectivity index (χ4v) is 10.8. The van der Waals surface area contributed by atoms with Crippen LogP contribution in [0.2, 0.25) is 18.1 Å². The number of allylic oxidation sites excluding steroid dienone is 3. The number of sulfone groups is 1. The monoisotopic (exact) mass is 478 g/mol. The molecular formula is C27H46O3SSi. The Balaban J connectivity index is 3.45. The zero-order valence-corrected chi connectivity index (χ0v) is 23.1. The minimum atomic E-state index is -3.63. The molecule has 182 valence electrons. The maximum atomic E-state index is 13.7. The highest BCUT2D eigenvalue weighted by Gasteiger charge is 2.38. The van der Waals surface area contributed by atoms with Crippen molar-refractivity contribution in [2.24, 2.45) is 0 Å². The molecule has 0 saturated carbocycles. The van der Waals surface area contributed by atoms with Gasteiger partial charge in [-0.2, -0.15) is 0 Å². The number of rotatable bonds is 16. The van der Waals surface area contributed by atoms with Crippen LogP contribution in [0.25, 0.3) is 0 Å². The summed E-state index contributed by atoms with van der Waals surface area (Å²) in [5.41, 5.74) is 1.05. The molecule has 5 heteroatoms. The minimum Gasteiger partial charge on any atom is -0.409 e. The maximum absolute atomic E-state index is 13.7. The number of aryl methyl sites for hydroxylation is 1. The molecule has 0 saturated heterocycles. The molecule has 1 aromatic carbocycles. The van der Waals surface area contributed by atoms with Gasteiger partial charge < -0.3 is 4.43 Å². The Hall–Kier alpha value is -1.17. The molecule has 0 unspecified atom stereocenters. The Bertz CT molecular complexity index is 788. The van der Waals surface area contributed by atoms with Gasteiger partial charge in [0.25, 0.3) is 0 Å². The van der Waals surface area contributed by atoms with Crippen LogP contribution in [0.5, 0.6) is 0 Å². The van der Waals surface area contributed by atoms with Crippen molar-refractivity contribution in [2.45, 2.75) is 116 Å². The molecule has 3 nitrogen and oxygen atoms in total. The molecule has 0 aliphatic rings. The average molecular weight is 479 g/mol. The minimum absolute atomic E-state index is 0.351. The number of benzene rings is 1. The second-order valence-electron chi connectivity index (χ2n) is 8.92. The van der Waals surface area contributed by atoms with Gasteiger partial charge in [0.15, 0.2) is 8.32 Å². The van der Waals surface area contributed by atoms with E-state index < -0.39 is 24.3 Å². The van der Waals surface area contributed by atoms with E-state index in [1.165, 1.54) is 0 Å². The first kappa shape index (κ1) is 28.9. The van der Waals surface area contributed by atoms with Gasteiger partial charge in [-0.25, -0.2) is 8.42 Å². The van der Waals surface area contributed by atoms with Crippen molar-refractivity contribution in [3.05, 3.63) is 53.0 Å². The van der Waals surface area contributed by atoms with Crippen molar-refractivity contribution < 1.29 is 12.8 Å². The Kier molecular flexibility index (Phi) is 13.4.